The average Bonchev–Trinajstić information content (AvgIpc) is 2.63. The zero-order chi connectivity index (χ0) is 16.9. The molecule has 24 heavy (non-hydrogen) atoms. The molecule has 3 atom stereocenters. The Kier molecular flexibility index (Phi) is 6.75. The van der Waals surface area contributed by atoms with Crippen LogP contribution in [0.25, 0.3) is 0 Å². The van der Waals surface area contributed by atoms with Crippen molar-refractivity contribution in [2.24, 2.45) is 29.6 Å². The van der Waals surface area contributed by atoms with E-state index in [4.69, 9.17) is 0 Å². The van der Waals surface area contributed by atoms with Crippen LogP contribution in [-0.2, 0) is 0 Å². The first-order valence-corrected chi connectivity index (χ1v) is 10.6. The average molecular weight is 339 g/mol. The zero-order valence-electron chi connectivity index (χ0n) is 15.3. The summed E-state index contributed by atoms with van der Waals surface area (Å²) in [5.74, 6) is 3.94. The van der Waals surface area contributed by atoms with E-state index < -0.39 is 12.3 Å². The third-order valence-electron chi connectivity index (χ3n) is 7.55. The second kappa shape index (κ2) is 8.81. The predicted molar refractivity (Wildman–Crippen MR) is 97.5 cm³/mol. The molecule has 0 aromatic carbocycles. The third kappa shape index (κ3) is 4.61. The first-order valence-electron chi connectivity index (χ1n) is 10.6. The first-order chi connectivity index (χ1) is 11.7. The number of rotatable bonds is 5. The molecule has 0 nitrogen and oxygen atoms in total. The molecule has 3 saturated carbocycles. The predicted octanol–water partition coefficient (Wildman–Crippen LogP) is 7.04. The quantitative estimate of drug-likeness (QED) is 0.471. The molecule has 3 fully saturated rings. The first kappa shape index (κ1) is 18.4. The molecule has 2 heteroatoms. The summed E-state index contributed by atoms with van der Waals surface area (Å²) >= 11 is 0. The van der Waals surface area contributed by atoms with Gasteiger partial charge in [-0.3, -0.25) is 0 Å². The Bertz CT molecular complexity index is 377. The fourth-order valence-electron chi connectivity index (χ4n) is 5.93. The maximum atomic E-state index is 13.7. The lowest BCUT2D eigenvalue weighted by molar-refractivity contribution is 0.0472. The summed E-state index contributed by atoms with van der Waals surface area (Å²) in [6, 6.07) is 0. The van der Waals surface area contributed by atoms with Gasteiger partial charge in [-0.15, -0.1) is 6.58 Å². The number of hydrogen-bond acceptors (Lipinski definition) is 0. The van der Waals surface area contributed by atoms with Crippen molar-refractivity contribution in [1.29, 1.82) is 0 Å². The van der Waals surface area contributed by atoms with Crippen molar-refractivity contribution >= 4 is 0 Å². The van der Waals surface area contributed by atoms with E-state index >= 15 is 0 Å². The van der Waals surface area contributed by atoms with Crippen molar-refractivity contribution in [3.05, 3.63) is 12.7 Å². The van der Waals surface area contributed by atoms with E-state index in [0.29, 0.717) is 24.7 Å². The summed E-state index contributed by atoms with van der Waals surface area (Å²) in [6.07, 6.45) is 15.0. The summed E-state index contributed by atoms with van der Waals surface area (Å²) in [7, 11) is 0. The Balaban J connectivity index is 1.39. The van der Waals surface area contributed by atoms with Crippen LogP contribution in [0.3, 0.4) is 0 Å². The van der Waals surface area contributed by atoms with Crippen molar-refractivity contribution in [3.8, 4) is 0 Å². The topological polar surface area (TPSA) is 0 Å². The summed E-state index contributed by atoms with van der Waals surface area (Å²) in [4.78, 5) is 0. The molecule has 0 aromatic rings. The molecule has 3 unspecified atom stereocenters. The SMILES string of the molecule is C=CCCC1CCC(C2CCC(C3CCC(F)C(F)C3)CC2)CC1. The Morgan fingerprint density at radius 3 is 1.71 bits per heavy atom. The lowest BCUT2D eigenvalue weighted by Crippen LogP contribution is -2.34. The molecule has 0 aliphatic heterocycles. The van der Waals surface area contributed by atoms with Gasteiger partial charge in [-0.05, 0) is 100 Å². The highest BCUT2D eigenvalue weighted by atomic mass is 19.2. The standard InChI is InChI=1S/C22H36F2/c1-2-3-4-16-5-7-17(8-6-16)18-9-11-19(12-10-18)20-13-14-21(23)22(24)15-20/h2,16-22H,1,3-15H2. The molecule has 0 spiro atoms. The van der Waals surface area contributed by atoms with E-state index in [0.717, 1.165) is 24.2 Å². The molecule has 0 radical (unpaired) electrons. The Morgan fingerprint density at radius 1 is 0.667 bits per heavy atom. The molecule has 0 N–H and O–H groups in total. The summed E-state index contributed by atoms with van der Waals surface area (Å²) in [6.45, 7) is 3.84. The van der Waals surface area contributed by atoms with Gasteiger partial charge in [-0.25, -0.2) is 8.78 Å². The van der Waals surface area contributed by atoms with Gasteiger partial charge in [0.05, 0.1) is 0 Å². The van der Waals surface area contributed by atoms with Crippen LogP contribution in [0, 0.1) is 29.6 Å². The van der Waals surface area contributed by atoms with Crippen LogP contribution in [0.5, 0.6) is 0 Å². The van der Waals surface area contributed by atoms with Crippen LogP contribution in [0.1, 0.15) is 83.5 Å². The lowest BCUT2D eigenvalue weighted by Gasteiger charge is -2.41. The molecular formula is C22H36F2. The van der Waals surface area contributed by atoms with E-state index in [2.05, 4.69) is 12.7 Å². The van der Waals surface area contributed by atoms with Crippen LogP contribution in [0.15, 0.2) is 12.7 Å². The maximum Gasteiger partial charge on any atom is 0.131 e. The van der Waals surface area contributed by atoms with Crippen molar-refractivity contribution in [2.75, 3.05) is 0 Å². The van der Waals surface area contributed by atoms with Crippen LogP contribution < -0.4 is 0 Å². The number of halogens is 2. The molecular weight excluding hydrogens is 302 g/mol. The van der Waals surface area contributed by atoms with E-state index in [-0.39, 0.29) is 0 Å². The fraction of sp³-hybridized carbons (Fsp3) is 0.909. The van der Waals surface area contributed by atoms with Gasteiger partial charge in [-0.2, -0.15) is 0 Å². The monoisotopic (exact) mass is 338 g/mol. The van der Waals surface area contributed by atoms with Crippen LogP contribution >= 0.6 is 0 Å². The molecule has 3 rings (SSSR count). The van der Waals surface area contributed by atoms with E-state index in [9.17, 15) is 8.78 Å². The van der Waals surface area contributed by atoms with Gasteiger partial charge in [0, 0.05) is 0 Å². The van der Waals surface area contributed by atoms with Crippen LogP contribution in [0.2, 0.25) is 0 Å². The minimum Gasteiger partial charge on any atom is -0.244 e. The van der Waals surface area contributed by atoms with Gasteiger partial charge in [-0.1, -0.05) is 18.9 Å². The van der Waals surface area contributed by atoms with Crippen molar-refractivity contribution in [1.82, 2.24) is 0 Å². The zero-order valence-corrected chi connectivity index (χ0v) is 15.3. The maximum absolute atomic E-state index is 13.7. The fourth-order valence-corrected chi connectivity index (χ4v) is 5.93. The van der Waals surface area contributed by atoms with Gasteiger partial charge in [0.1, 0.15) is 12.3 Å². The normalized spacial score (nSPS) is 44.2. The highest BCUT2D eigenvalue weighted by Gasteiger charge is 2.37. The number of hydrogen-bond donors (Lipinski definition) is 0. The molecule has 0 heterocycles. The molecule has 3 aliphatic carbocycles. The Labute approximate surface area is 147 Å². The lowest BCUT2D eigenvalue weighted by atomic mass is 9.65. The van der Waals surface area contributed by atoms with E-state index in [1.807, 2.05) is 0 Å². The smallest absolute Gasteiger partial charge is 0.131 e. The van der Waals surface area contributed by atoms with Gasteiger partial charge in [0.25, 0.3) is 0 Å². The highest BCUT2D eigenvalue weighted by Crippen LogP contribution is 2.46. The van der Waals surface area contributed by atoms with Crippen LogP contribution in [0.4, 0.5) is 8.78 Å². The molecule has 138 valence electrons. The second-order valence-corrected chi connectivity index (χ2v) is 8.93. The van der Waals surface area contributed by atoms with Crippen LogP contribution in [-0.4, -0.2) is 12.3 Å². The summed E-state index contributed by atoms with van der Waals surface area (Å²) in [5, 5.41) is 0. The molecule has 0 aromatic heterocycles. The number of allylic oxidation sites excluding steroid dienone is 1. The van der Waals surface area contributed by atoms with Crippen molar-refractivity contribution in [3.63, 3.8) is 0 Å². The van der Waals surface area contributed by atoms with E-state index in [1.54, 1.807) is 0 Å². The summed E-state index contributed by atoms with van der Waals surface area (Å²) in [5.41, 5.74) is 0. The number of alkyl halides is 2. The van der Waals surface area contributed by atoms with E-state index in [1.165, 1.54) is 64.2 Å². The minimum absolute atomic E-state index is 0.459. The second-order valence-electron chi connectivity index (χ2n) is 8.93. The molecule has 0 amide bonds. The van der Waals surface area contributed by atoms with Gasteiger partial charge in [0.2, 0.25) is 0 Å². The van der Waals surface area contributed by atoms with Crippen molar-refractivity contribution in [2.45, 2.75) is 95.8 Å². The molecule has 3 aliphatic rings. The Morgan fingerprint density at radius 2 is 1.17 bits per heavy atom. The molecule has 0 saturated heterocycles. The largest absolute Gasteiger partial charge is 0.244 e. The minimum atomic E-state index is -1.19. The van der Waals surface area contributed by atoms with Crippen molar-refractivity contribution < 1.29 is 8.78 Å². The molecule has 0 bridgehead atoms. The van der Waals surface area contributed by atoms with Gasteiger partial charge in [0.15, 0.2) is 0 Å². The highest BCUT2D eigenvalue weighted by molar-refractivity contribution is 4.88. The Hall–Kier alpha value is -0.400. The third-order valence-corrected chi connectivity index (χ3v) is 7.55. The van der Waals surface area contributed by atoms with Gasteiger partial charge >= 0.3 is 0 Å². The summed E-state index contributed by atoms with van der Waals surface area (Å²) < 4.78 is 27.0. The van der Waals surface area contributed by atoms with Gasteiger partial charge < -0.3 is 0 Å².